The molecule has 0 bridgehead atoms. The summed E-state index contributed by atoms with van der Waals surface area (Å²) in [6, 6.07) is 5.81. The molecule has 0 heterocycles. The lowest BCUT2D eigenvalue weighted by Crippen LogP contribution is -2.40. The highest BCUT2D eigenvalue weighted by molar-refractivity contribution is 9.10. The van der Waals surface area contributed by atoms with Gasteiger partial charge in [0.1, 0.15) is 0 Å². The van der Waals surface area contributed by atoms with E-state index >= 15 is 0 Å². The molecule has 0 fully saturated rings. The number of hydrogen-bond acceptors (Lipinski definition) is 3. The van der Waals surface area contributed by atoms with Crippen LogP contribution in [0.15, 0.2) is 22.7 Å². The number of carbonyl (C=O) groups is 1. The molecule has 1 aromatic carbocycles. The summed E-state index contributed by atoms with van der Waals surface area (Å²) in [5.41, 5.74) is 1.71. The summed E-state index contributed by atoms with van der Waals surface area (Å²) >= 11 is 3.42. The fraction of sp³-hybridized carbons (Fsp3) is 0.500. The summed E-state index contributed by atoms with van der Waals surface area (Å²) < 4.78 is 0.933. The maximum atomic E-state index is 11.9. The first-order valence-corrected chi connectivity index (χ1v) is 7.20. The lowest BCUT2D eigenvalue weighted by Gasteiger charge is -2.25. The van der Waals surface area contributed by atoms with Crippen molar-refractivity contribution in [1.29, 1.82) is 0 Å². The highest BCUT2D eigenvalue weighted by atomic mass is 79.9. The molecule has 1 amide bonds. The standard InChI is InChI=1S/C14H21BrN2O2/c1-4-17(8-14(19)16-10(2)3)13-7-12(15)6-5-11(13)9-18/h5-7,10,18H,4,8-9H2,1-3H3,(H,16,19). The van der Waals surface area contributed by atoms with Gasteiger partial charge >= 0.3 is 0 Å². The first kappa shape index (κ1) is 16.0. The Hall–Kier alpha value is -1.07. The van der Waals surface area contributed by atoms with E-state index in [4.69, 9.17) is 0 Å². The maximum Gasteiger partial charge on any atom is 0.239 e. The van der Waals surface area contributed by atoms with E-state index in [1.54, 1.807) is 0 Å². The van der Waals surface area contributed by atoms with E-state index in [1.807, 2.05) is 43.9 Å². The van der Waals surface area contributed by atoms with Crippen molar-refractivity contribution in [3.8, 4) is 0 Å². The number of anilines is 1. The predicted molar refractivity (Wildman–Crippen MR) is 81.2 cm³/mol. The molecular formula is C14H21BrN2O2. The fourth-order valence-corrected chi connectivity index (χ4v) is 2.22. The van der Waals surface area contributed by atoms with E-state index in [2.05, 4.69) is 21.2 Å². The molecule has 19 heavy (non-hydrogen) atoms. The monoisotopic (exact) mass is 328 g/mol. The Morgan fingerprint density at radius 3 is 2.68 bits per heavy atom. The summed E-state index contributed by atoms with van der Waals surface area (Å²) in [5, 5.41) is 12.3. The van der Waals surface area contributed by atoms with Crippen molar-refractivity contribution >= 4 is 27.5 Å². The second-order valence-corrected chi connectivity index (χ2v) is 5.58. The van der Waals surface area contributed by atoms with Crippen molar-refractivity contribution in [2.24, 2.45) is 0 Å². The second-order valence-electron chi connectivity index (χ2n) is 4.67. The van der Waals surface area contributed by atoms with Gasteiger partial charge in [-0.25, -0.2) is 0 Å². The summed E-state index contributed by atoms with van der Waals surface area (Å²) in [4.78, 5) is 13.8. The third kappa shape index (κ3) is 4.84. The van der Waals surface area contributed by atoms with Crippen LogP contribution < -0.4 is 10.2 Å². The molecule has 0 radical (unpaired) electrons. The first-order chi connectivity index (χ1) is 8.97. The number of amides is 1. The fourth-order valence-electron chi connectivity index (χ4n) is 1.87. The van der Waals surface area contributed by atoms with Crippen LogP contribution in [0.4, 0.5) is 5.69 Å². The maximum absolute atomic E-state index is 11.9. The molecule has 0 unspecified atom stereocenters. The SMILES string of the molecule is CCN(CC(=O)NC(C)C)c1cc(Br)ccc1CO. The number of benzene rings is 1. The van der Waals surface area contributed by atoms with Gasteiger partial charge in [-0.1, -0.05) is 22.0 Å². The van der Waals surface area contributed by atoms with Gasteiger partial charge in [0.2, 0.25) is 5.91 Å². The van der Waals surface area contributed by atoms with Crippen LogP contribution in [0, 0.1) is 0 Å². The molecule has 0 saturated heterocycles. The first-order valence-electron chi connectivity index (χ1n) is 6.41. The number of nitrogens with one attached hydrogen (secondary N) is 1. The summed E-state index contributed by atoms with van der Waals surface area (Å²) in [6.07, 6.45) is 0. The minimum Gasteiger partial charge on any atom is -0.392 e. The highest BCUT2D eigenvalue weighted by Crippen LogP contribution is 2.25. The van der Waals surface area contributed by atoms with Gasteiger partial charge in [-0.2, -0.15) is 0 Å². The molecule has 0 aliphatic rings. The predicted octanol–water partition coefficient (Wildman–Crippen LogP) is 2.29. The number of aliphatic hydroxyl groups is 1. The Morgan fingerprint density at radius 1 is 1.47 bits per heavy atom. The van der Waals surface area contributed by atoms with Gasteiger partial charge in [-0.3, -0.25) is 4.79 Å². The molecule has 1 rings (SSSR count). The summed E-state index contributed by atoms with van der Waals surface area (Å²) in [5.74, 6) is -0.0132. The van der Waals surface area contributed by atoms with Crippen molar-refractivity contribution in [2.45, 2.75) is 33.4 Å². The van der Waals surface area contributed by atoms with Gasteiger partial charge in [-0.15, -0.1) is 0 Å². The Bertz CT molecular complexity index is 435. The normalized spacial score (nSPS) is 10.6. The van der Waals surface area contributed by atoms with Crippen molar-refractivity contribution < 1.29 is 9.90 Å². The van der Waals surface area contributed by atoms with Gasteiger partial charge in [0, 0.05) is 28.3 Å². The number of aliphatic hydroxyl groups excluding tert-OH is 1. The van der Waals surface area contributed by atoms with Crippen LogP contribution >= 0.6 is 15.9 Å². The Balaban J connectivity index is 2.90. The van der Waals surface area contributed by atoms with Gasteiger partial charge in [0.15, 0.2) is 0 Å². The molecular weight excluding hydrogens is 308 g/mol. The second kappa shape index (κ2) is 7.50. The molecule has 0 atom stereocenters. The number of rotatable bonds is 6. The van der Waals surface area contributed by atoms with Gasteiger partial charge in [0.25, 0.3) is 0 Å². The molecule has 0 aliphatic heterocycles. The van der Waals surface area contributed by atoms with Crippen molar-refractivity contribution in [3.05, 3.63) is 28.2 Å². The van der Waals surface area contributed by atoms with Gasteiger partial charge < -0.3 is 15.3 Å². The van der Waals surface area contributed by atoms with Crippen molar-refractivity contribution in [3.63, 3.8) is 0 Å². The minimum atomic E-state index is -0.0368. The van der Waals surface area contributed by atoms with E-state index in [0.29, 0.717) is 6.54 Å². The Morgan fingerprint density at radius 2 is 2.16 bits per heavy atom. The molecule has 0 spiro atoms. The van der Waals surface area contributed by atoms with Crippen LogP contribution in [0.25, 0.3) is 0 Å². The number of carbonyl (C=O) groups excluding carboxylic acids is 1. The largest absolute Gasteiger partial charge is 0.392 e. The van der Waals surface area contributed by atoms with E-state index in [0.717, 1.165) is 15.7 Å². The summed E-state index contributed by atoms with van der Waals surface area (Å²) in [6.45, 7) is 6.82. The van der Waals surface area contributed by atoms with E-state index in [1.165, 1.54) is 0 Å². The van der Waals surface area contributed by atoms with Crippen LogP contribution in [-0.2, 0) is 11.4 Å². The van der Waals surface area contributed by atoms with Crippen LogP contribution in [-0.4, -0.2) is 30.1 Å². The third-order valence-electron chi connectivity index (χ3n) is 2.72. The Labute approximate surface area is 122 Å². The number of halogens is 1. The average molecular weight is 329 g/mol. The molecule has 1 aromatic rings. The zero-order valence-corrected chi connectivity index (χ0v) is 13.2. The molecule has 106 valence electrons. The van der Waals surface area contributed by atoms with Crippen LogP contribution in [0.5, 0.6) is 0 Å². The molecule has 2 N–H and O–H groups in total. The van der Waals surface area contributed by atoms with E-state index < -0.39 is 0 Å². The molecule has 0 aromatic heterocycles. The number of hydrogen-bond donors (Lipinski definition) is 2. The molecule has 0 saturated carbocycles. The van der Waals surface area contributed by atoms with Gasteiger partial charge in [-0.05, 0) is 32.9 Å². The molecule has 4 nitrogen and oxygen atoms in total. The zero-order valence-electron chi connectivity index (χ0n) is 11.6. The summed E-state index contributed by atoms with van der Waals surface area (Å²) in [7, 11) is 0. The van der Waals surface area contributed by atoms with Crippen LogP contribution in [0.3, 0.4) is 0 Å². The smallest absolute Gasteiger partial charge is 0.239 e. The van der Waals surface area contributed by atoms with Crippen molar-refractivity contribution in [1.82, 2.24) is 5.32 Å². The highest BCUT2D eigenvalue weighted by Gasteiger charge is 2.14. The van der Waals surface area contributed by atoms with Crippen LogP contribution in [0.1, 0.15) is 26.3 Å². The third-order valence-corrected chi connectivity index (χ3v) is 3.22. The van der Waals surface area contributed by atoms with E-state index in [9.17, 15) is 9.90 Å². The minimum absolute atomic E-state index is 0.0132. The van der Waals surface area contributed by atoms with Crippen molar-refractivity contribution in [2.75, 3.05) is 18.0 Å². The lowest BCUT2D eigenvalue weighted by molar-refractivity contribution is -0.120. The van der Waals surface area contributed by atoms with E-state index in [-0.39, 0.29) is 25.1 Å². The number of likely N-dealkylation sites (N-methyl/N-ethyl adjacent to an activating group) is 1. The van der Waals surface area contributed by atoms with Crippen LogP contribution in [0.2, 0.25) is 0 Å². The lowest BCUT2D eigenvalue weighted by atomic mass is 10.1. The quantitative estimate of drug-likeness (QED) is 0.842. The Kier molecular flexibility index (Phi) is 6.31. The zero-order chi connectivity index (χ0) is 14.4. The van der Waals surface area contributed by atoms with Gasteiger partial charge in [0.05, 0.1) is 13.2 Å². The molecule has 0 aliphatic carbocycles. The number of nitrogens with zero attached hydrogens (tertiary/aromatic N) is 1. The molecule has 5 heteroatoms. The average Bonchev–Trinajstić information content (AvgIpc) is 2.35. The topological polar surface area (TPSA) is 52.6 Å².